The van der Waals surface area contributed by atoms with Crippen molar-refractivity contribution in [2.75, 3.05) is 0 Å². The van der Waals surface area contributed by atoms with Crippen LogP contribution in [-0.4, -0.2) is 5.65 Å². The second kappa shape index (κ2) is 3.74. The predicted octanol–water partition coefficient (Wildman–Crippen LogP) is 2.72. The smallest absolute Gasteiger partial charge is 0.0787 e. The first kappa shape index (κ1) is 9.98. The fourth-order valence-corrected chi connectivity index (χ4v) is 7.41. The lowest BCUT2D eigenvalue weighted by Crippen LogP contribution is -2.11. The van der Waals surface area contributed by atoms with Crippen molar-refractivity contribution in [2.45, 2.75) is 20.8 Å². The number of hydrogen-bond acceptors (Lipinski definition) is 1. The van der Waals surface area contributed by atoms with Crippen molar-refractivity contribution in [1.82, 2.24) is 0 Å². The Morgan fingerprint density at radius 2 is 2.00 bits per heavy atom. The second-order valence-corrected chi connectivity index (χ2v) is 10.3. The number of hydrogen-bond donors (Lipinski definition) is 1. The summed E-state index contributed by atoms with van der Waals surface area (Å²) in [6.45, 7) is 6.80. The lowest BCUT2D eigenvalue weighted by molar-refractivity contribution is 0.529. The highest BCUT2D eigenvalue weighted by molar-refractivity contribution is 14.3. The van der Waals surface area contributed by atoms with Crippen molar-refractivity contribution in [3.05, 3.63) is 9.66 Å². The highest BCUT2D eigenvalue weighted by Crippen LogP contribution is 2.30. The van der Waals surface area contributed by atoms with Crippen LogP contribution >= 0.6 is 41.5 Å². The zero-order valence-corrected chi connectivity index (χ0v) is 11.3. The molecule has 0 radical (unpaired) electrons. The highest BCUT2D eigenvalue weighted by Gasteiger charge is 2.15. The fraction of sp³-hybridized carbons (Fsp3) is 0.500. The van der Waals surface area contributed by atoms with E-state index in [1.54, 1.807) is 0 Å². The van der Waals surface area contributed by atoms with Gasteiger partial charge in [-0.3, -0.25) is 5.73 Å². The molecule has 2 N–H and O–H groups in total. The first-order valence-corrected chi connectivity index (χ1v) is 8.08. The third kappa shape index (κ3) is 3.02. The quantitative estimate of drug-likeness (QED) is 0.510. The molecule has 0 fully saturated rings. The van der Waals surface area contributed by atoms with Gasteiger partial charge in [0, 0.05) is 0 Å². The summed E-state index contributed by atoms with van der Waals surface area (Å²) in [7, 11) is 0. The summed E-state index contributed by atoms with van der Waals surface area (Å²) in [5, 5.41) is 0. The van der Waals surface area contributed by atoms with Crippen LogP contribution in [0.2, 0.25) is 0 Å². The summed E-state index contributed by atoms with van der Waals surface area (Å²) in [5.41, 5.74) is 7.66. The molecule has 1 heterocycles. The van der Waals surface area contributed by atoms with Crippen LogP contribution in [0.1, 0.15) is 20.8 Å². The third-order valence-corrected chi connectivity index (χ3v) is 7.73. The van der Waals surface area contributed by atoms with Gasteiger partial charge in [0.1, 0.15) is 0 Å². The predicted molar refractivity (Wildman–Crippen MR) is 70.8 cm³/mol. The van der Waals surface area contributed by atoms with Crippen molar-refractivity contribution in [1.29, 1.82) is 0 Å². The van der Waals surface area contributed by atoms with E-state index in [1.165, 1.54) is 7.21 Å². The standard InChI is InChI=1S/C8H13I2N/c1-8(2,3)6-4-9-7(11)10-5-6/h4-5H,11H2,1-3H3. The molecule has 1 aliphatic heterocycles. The van der Waals surface area contributed by atoms with Gasteiger partial charge in [-0.15, -0.1) is 0 Å². The monoisotopic (exact) mass is 377 g/mol. The minimum Gasteiger partial charge on any atom is -0.293 e. The Bertz CT molecular complexity index is 243. The average Bonchev–Trinajstić information content (AvgIpc) is 1.86. The molecule has 0 atom stereocenters. The van der Waals surface area contributed by atoms with Crippen molar-refractivity contribution >= 4 is 47.1 Å². The van der Waals surface area contributed by atoms with E-state index in [1.807, 2.05) is 0 Å². The van der Waals surface area contributed by atoms with E-state index in [-0.39, 0.29) is 41.5 Å². The summed E-state index contributed by atoms with van der Waals surface area (Å²) in [4.78, 5) is 0. The van der Waals surface area contributed by atoms with Crippen molar-refractivity contribution in [3.8, 4) is 0 Å². The molecule has 1 nitrogen and oxygen atoms in total. The van der Waals surface area contributed by atoms with Crippen LogP contribution in [0.3, 0.4) is 0 Å². The van der Waals surface area contributed by atoms with E-state index in [9.17, 15) is 0 Å². The molecule has 0 aliphatic carbocycles. The van der Waals surface area contributed by atoms with Crippen LogP contribution in [0.5, 0.6) is 0 Å². The van der Waals surface area contributed by atoms with Gasteiger partial charge in [0.05, 0.1) is 1.64 Å². The summed E-state index contributed by atoms with van der Waals surface area (Å²) in [5.74, 6) is 0. The zero-order chi connectivity index (χ0) is 8.48. The van der Waals surface area contributed by atoms with Crippen LogP contribution in [-0.2, 0) is 0 Å². The van der Waals surface area contributed by atoms with E-state index in [2.05, 4.69) is 28.9 Å². The molecular formula is C8H13I2N. The molecule has 64 valence electrons. The van der Waals surface area contributed by atoms with Gasteiger partial charge < -0.3 is 0 Å². The Labute approximate surface area is 87.9 Å². The molecule has 0 unspecified atom stereocenters. The van der Waals surface area contributed by atoms with Crippen LogP contribution in [0.4, 0.5) is 0 Å². The Kier molecular flexibility index (Phi) is 3.39. The number of allylic oxidation sites excluding steroid dienone is 1. The topological polar surface area (TPSA) is 26.0 Å². The largest absolute Gasteiger partial charge is 0.293 e. The van der Waals surface area contributed by atoms with Crippen LogP contribution in [0.25, 0.3) is 0 Å². The number of halogens is 2. The van der Waals surface area contributed by atoms with Gasteiger partial charge in [0.2, 0.25) is 0 Å². The Balaban J connectivity index is 2.89. The normalized spacial score (nSPS) is 19.3. The maximum atomic E-state index is 5.78. The molecular weight excluding hydrogens is 364 g/mol. The molecule has 11 heavy (non-hydrogen) atoms. The SMILES string of the molecule is CC(C)(C)C1=CI=C(N)I=C1. The molecule has 0 amide bonds. The van der Waals surface area contributed by atoms with Gasteiger partial charge in [-0.2, -0.15) is 0 Å². The molecule has 0 aromatic carbocycles. The summed E-state index contributed by atoms with van der Waals surface area (Å²) in [6.07, 6.45) is 0. The molecule has 0 bridgehead atoms. The maximum Gasteiger partial charge on any atom is 0.0787 e. The third-order valence-electron chi connectivity index (χ3n) is 1.42. The maximum absolute atomic E-state index is 5.78. The first-order chi connectivity index (χ1) is 5.00. The lowest BCUT2D eigenvalue weighted by Gasteiger charge is -2.20. The molecule has 0 saturated heterocycles. The van der Waals surface area contributed by atoms with E-state index in [0.717, 1.165) is 0 Å². The molecule has 0 spiro atoms. The van der Waals surface area contributed by atoms with Crippen LogP contribution in [0, 0.1) is 5.41 Å². The first-order valence-electron chi connectivity index (χ1n) is 3.43. The summed E-state index contributed by atoms with van der Waals surface area (Å²) >= 11 is 0.192. The minimum atomic E-state index is 0.0958. The number of nitrogens with two attached hydrogens (primary N) is 1. The van der Waals surface area contributed by atoms with Crippen molar-refractivity contribution in [2.24, 2.45) is 11.1 Å². The molecule has 0 aromatic heterocycles. The van der Waals surface area contributed by atoms with Crippen LogP contribution < -0.4 is 5.73 Å². The van der Waals surface area contributed by atoms with Gasteiger partial charge >= 0.3 is 0 Å². The van der Waals surface area contributed by atoms with Crippen molar-refractivity contribution in [3.63, 3.8) is 0 Å². The zero-order valence-electron chi connectivity index (χ0n) is 6.99. The fourth-order valence-electron chi connectivity index (χ4n) is 0.597. The minimum absolute atomic E-state index is 0.0958. The lowest BCUT2D eigenvalue weighted by atomic mass is 9.89. The molecule has 1 aliphatic rings. The molecule has 3 heteroatoms. The van der Waals surface area contributed by atoms with Gasteiger partial charge in [-0.05, 0) is 19.1 Å². The Morgan fingerprint density at radius 1 is 1.36 bits per heavy atom. The van der Waals surface area contributed by atoms with Gasteiger partial charge in [0.15, 0.2) is 0 Å². The Hall–Kier alpha value is 0.900. The van der Waals surface area contributed by atoms with E-state index in [4.69, 9.17) is 5.73 Å². The number of rotatable bonds is 0. The summed E-state index contributed by atoms with van der Waals surface area (Å²) in [6, 6.07) is 0. The average molecular weight is 377 g/mol. The van der Waals surface area contributed by atoms with Crippen molar-refractivity contribution < 1.29 is 0 Å². The van der Waals surface area contributed by atoms with Gasteiger partial charge in [-0.25, -0.2) is 0 Å². The van der Waals surface area contributed by atoms with Gasteiger partial charge in [-0.1, -0.05) is 62.2 Å². The second-order valence-electron chi connectivity index (χ2n) is 3.43. The van der Waals surface area contributed by atoms with E-state index >= 15 is 0 Å². The highest BCUT2D eigenvalue weighted by atomic mass is 127. The molecule has 0 aromatic rings. The molecule has 0 saturated carbocycles. The van der Waals surface area contributed by atoms with E-state index < -0.39 is 0 Å². The van der Waals surface area contributed by atoms with Crippen LogP contribution in [0.15, 0.2) is 9.66 Å². The molecule has 1 rings (SSSR count). The van der Waals surface area contributed by atoms with E-state index in [0.29, 0.717) is 5.41 Å². The Morgan fingerprint density at radius 3 is 2.36 bits per heavy atom. The van der Waals surface area contributed by atoms with Gasteiger partial charge in [0.25, 0.3) is 0 Å². The summed E-state index contributed by atoms with van der Waals surface area (Å²) < 4.78 is 6.05.